The minimum absolute atomic E-state index is 0.147. The van der Waals surface area contributed by atoms with E-state index in [0.717, 1.165) is 6.54 Å². The molecule has 1 fully saturated rings. The van der Waals surface area contributed by atoms with E-state index >= 15 is 0 Å². The van der Waals surface area contributed by atoms with Gasteiger partial charge in [-0.3, -0.25) is 4.90 Å². The van der Waals surface area contributed by atoms with Crippen LogP contribution < -0.4 is 0 Å². The van der Waals surface area contributed by atoms with E-state index in [0.29, 0.717) is 6.04 Å². The molecule has 15 heavy (non-hydrogen) atoms. The predicted molar refractivity (Wildman–Crippen MR) is 62.4 cm³/mol. The van der Waals surface area contributed by atoms with Crippen molar-refractivity contribution in [3.8, 4) is 0 Å². The Balaban J connectivity index is 0.000000531. The summed E-state index contributed by atoms with van der Waals surface area (Å²) in [6.07, 6.45) is 1.21. The van der Waals surface area contributed by atoms with Crippen LogP contribution in [0, 0.1) is 5.82 Å². The smallest absolute Gasteiger partial charge is 0.123 e. The van der Waals surface area contributed by atoms with Gasteiger partial charge in [-0.15, -0.1) is 0 Å². The average Bonchev–Trinajstić information content (AvgIpc) is 2.23. The predicted octanol–water partition coefficient (Wildman–Crippen LogP) is 3.62. The van der Waals surface area contributed by atoms with E-state index in [1.165, 1.54) is 18.5 Å². The molecule has 0 amide bonds. The number of hydrogen-bond donors (Lipinski definition) is 0. The molecule has 1 saturated heterocycles. The molecule has 1 aromatic rings. The van der Waals surface area contributed by atoms with E-state index in [-0.39, 0.29) is 5.82 Å². The summed E-state index contributed by atoms with van der Waals surface area (Å²) < 4.78 is 12.6. The van der Waals surface area contributed by atoms with Crippen LogP contribution in [0.1, 0.15) is 38.8 Å². The number of rotatable bonds is 2. The van der Waals surface area contributed by atoms with Crippen LogP contribution >= 0.6 is 0 Å². The molecule has 0 spiro atoms. The first-order chi connectivity index (χ1) is 7.31. The van der Waals surface area contributed by atoms with Gasteiger partial charge in [0.1, 0.15) is 5.82 Å². The van der Waals surface area contributed by atoms with E-state index in [1.54, 1.807) is 12.1 Å². The maximum Gasteiger partial charge on any atom is 0.123 e. The fraction of sp³-hybridized carbons (Fsp3) is 0.538. The lowest BCUT2D eigenvalue weighted by Crippen LogP contribution is -2.40. The highest BCUT2D eigenvalue weighted by Gasteiger charge is 2.27. The first-order valence-electron chi connectivity index (χ1n) is 5.81. The van der Waals surface area contributed by atoms with Gasteiger partial charge in [-0.25, -0.2) is 4.39 Å². The lowest BCUT2D eigenvalue weighted by molar-refractivity contribution is 0.0983. The molecule has 1 nitrogen and oxygen atoms in total. The molecule has 1 unspecified atom stereocenters. The number of halogens is 1. The fourth-order valence-corrected chi connectivity index (χ4v) is 1.88. The third kappa shape index (κ3) is 2.78. The van der Waals surface area contributed by atoms with Crippen LogP contribution in [0.25, 0.3) is 0 Å². The van der Waals surface area contributed by atoms with Crippen molar-refractivity contribution < 1.29 is 4.39 Å². The third-order valence-corrected chi connectivity index (χ3v) is 2.79. The molecule has 0 aromatic heterocycles. The SMILES string of the molecule is CC.CCN1CCC1c1ccc(F)cc1. The molecule has 1 aromatic carbocycles. The van der Waals surface area contributed by atoms with Crippen LogP contribution in [0.3, 0.4) is 0 Å². The third-order valence-electron chi connectivity index (χ3n) is 2.79. The molecule has 1 aliphatic rings. The normalized spacial score (nSPS) is 20.1. The van der Waals surface area contributed by atoms with Crippen molar-refractivity contribution in [2.24, 2.45) is 0 Å². The van der Waals surface area contributed by atoms with E-state index < -0.39 is 0 Å². The molecule has 0 aliphatic carbocycles. The molecular formula is C13H20FN. The van der Waals surface area contributed by atoms with Gasteiger partial charge in [-0.1, -0.05) is 32.9 Å². The number of benzene rings is 1. The number of hydrogen-bond acceptors (Lipinski definition) is 1. The zero-order valence-corrected chi connectivity index (χ0v) is 9.83. The van der Waals surface area contributed by atoms with Gasteiger partial charge in [0.15, 0.2) is 0 Å². The Morgan fingerprint density at radius 2 is 1.87 bits per heavy atom. The fourth-order valence-electron chi connectivity index (χ4n) is 1.88. The van der Waals surface area contributed by atoms with Gasteiger partial charge in [0.05, 0.1) is 0 Å². The molecule has 0 saturated carbocycles. The minimum Gasteiger partial charge on any atom is -0.296 e. The zero-order chi connectivity index (χ0) is 11.3. The van der Waals surface area contributed by atoms with Crippen LogP contribution in [-0.2, 0) is 0 Å². The van der Waals surface area contributed by atoms with Gasteiger partial charge in [0.2, 0.25) is 0 Å². The molecule has 2 rings (SSSR count). The Labute approximate surface area is 91.9 Å². The number of likely N-dealkylation sites (tertiary alicyclic amines) is 1. The van der Waals surface area contributed by atoms with Gasteiger partial charge in [-0.2, -0.15) is 0 Å². The number of nitrogens with zero attached hydrogens (tertiary/aromatic N) is 1. The van der Waals surface area contributed by atoms with Crippen LogP contribution in [0.2, 0.25) is 0 Å². The van der Waals surface area contributed by atoms with Crippen LogP contribution in [0.5, 0.6) is 0 Å². The monoisotopic (exact) mass is 209 g/mol. The van der Waals surface area contributed by atoms with Crippen molar-refractivity contribution in [2.75, 3.05) is 13.1 Å². The summed E-state index contributed by atoms with van der Waals surface area (Å²) in [5.41, 5.74) is 1.24. The Morgan fingerprint density at radius 3 is 2.27 bits per heavy atom. The van der Waals surface area contributed by atoms with Gasteiger partial charge < -0.3 is 0 Å². The molecule has 1 heterocycles. The standard InChI is InChI=1S/C11H14FN.C2H6/c1-2-13-8-7-11(13)9-3-5-10(12)6-4-9;1-2/h3-6,11H,2,7-8H2,1H3;1-2H3. The second-order valence-corrected chi connectivity index (χ2v) is 3.48. The summed E-state index contributed by atoms with van der Waals surface area (Å²) in [6.45, 7) is 8.43. The van der Waals surface area contributed by atoms with Gasteiger partial charge in [-0.05, 0) is 30.7 Å². The van der Waals surface area contributed by atoms with Crippen LogP contribution in [0.15, 0.2) is 24.3 Å². The molecular weight excluding hydrogens is 189 g/mol. The topological polar surface area (TPSA) is 3.24 Å². The van der Waals surface area contributed by atoms with Crippen molar-refractivity contribution in [3.63, 3.8) is 0 Å². The highest BCUT2D eigenvalue weighted by Crippen LogP contribution is 2.32. The minimum atomic E-state index is -0.147. The molecule has 0 N–H and O–H groups in total. The maximum atomic E-state index is 12.6. The highest BCUT2D eigenvalue weighted by molar-refractivity contribution is 5.21. The van der Waals surface area contributed by atoms with E-state index in [1.807, 2.05) is 26.0 Å². The first kappa shape index (κ1) is 12.2. The van der Waals surface area contributed by atoms with E-state index in [4.69, 9.17) is 0 Å². The zero-order valence-electron chi connectivity index (χ0n) is 9.83. The molecule has 84 valence electrons. The first-order valence-corrected chi connectivity index (χ1v) is 5.81. The van der Waals surface area contributed by atoms with Crippen molar-refractivity contribution in [3.05, 3.63) is 35.6 Å². The van der Waals surface area contributed by atoms with Gasteiger partial charge in [0, 0.05) is 12.6 Å². The maximum absolute atomic E-state index is 12.6. The Hall–Kier alpha value is -0.890. The highest BCUT2D eigenvalue weighted by atomic mass is 19.1. The Morgan fingerprint density at radius 1 is 1.27 bits per heavy atom. The van der Waals surface area contributed by atoms with Crippen molar-refractivity contribution >= 4 is 0 Å². The van der Waals surface area contributed by atoms with Crippen molar-refractivity contribution in [1.82, 2.24) is 4.90 Å². The molecule has 1 aliphatic heterocycles. The van der Waals surface area contributed by atoms with E-state index in [2.05, 4.69) is 11.8 Å². The summed E-state index contributed by atoms with van der Waals surface area (Å²) in [5.74, 6) is -0.147. The second-order valence-electron chi connectivity index (χ2n) is 3.48. The quantitative estimate of drug-likeness (QED) is 0.719. The second kappa shape index (κ2) is 5.86. The molecule has 0 bridgehead atoms. The summed E-state index contributed by atoms with van der Waals surface area (Å²) in [6, 6.07) is 7.40. The Kier molecular flexibility index (Phi) is 4.76. The average molecular weight is 209 g/mol. The lowest BCUT2D eigenvalue weighted by Gasteiger charge is -2.40. The molecule has 0 radical (unpaired) electrons. The van der Waals surface area contributed by atoms with Crippen molar-refractivity contribution in [2.45, 2.75) is 33.2 Å². The summed E-state index contributed by atoms with van der Waals surface area (Å²) in [7, 11) is 0. The van der Waals surface area contributed by atoms with Gasteiger partial charge >= 0.3 is 0 Å². The molecule has 1 atom stereocenters. The van der Waals surface area contributed by atoms with Crippen LogP contribution in [-0.4, -0.2) is 18.0 Å². The van der Waals surface area contributed by atoms with Crippen molar-refractivity contribution in [1.29, 1.82) is 0 Å². The Bertz CT molecular complexity index is 279. The largest absolute Gasteiger partial charge is 0.296 e. The summed E-state index contributed by atoms with van der Waals surface area (Å²) >= 11 is 0. The van der Waals surface area contributed by atoms with E-state index in [9.17, 15) is 4.39 Å². The molecule has 2 heteroatoms. The summed E-state index contributed by atoms with van der Waals surface area (Å²) in [4.78, 5) is 2.40. The van der Waals surface area contributed by atoms with Gasteiger partial charge in [0.25, 0.3) is 0 Å². The lowest BCUT2D eigenvalue weighted by atomic mass is 9.95. The summed E-state index contributed by atoms with van der Waals surface area (Å²) in [5, 5.41) is 0. The van der Waals surface area contributed by atoms with Crippen LogP contribution in [0.4, 0.5) is 4.39 Å².